The van der Waals surface area contributed by atoms with Crippen LogP contribution in [-0.2, 0) is 14.3 Å². The summed E-state index contributed by atoms with van der Waals surface area (Å²) in [6.45, 7) is 8.34. The van der Waals surface area contributed by atoms with Gasteiger partial charge in [-0.1, -0.05) is 20.8 Å². The van der Waals surface area contributed by atoms with Crippen LogP contribution in [-0.4, -0.2) is 42.1 Å². The minimum atomic E-state index is -0.605. The van der Waals surface area contributed by atoms with E-state index in [9.17, 15) is 14.7 Å². The number of phenols is 1. The summed E-state index contributed by atoms with van der Waals surface area (Å²) in [7, 11) is 1.47. The Hall–Kier alpha value is -1.93. The predicted molar refractivity (Wildman–Crippen MR) is 130 cm³/mol. The van der Waals surface area contributed by atoms with Crippen LogP contribution >= 0.6 is 27.7 Å². The molecule has 1 atom stereocenters. The number of carbonyl (C=O) groups excluding carboxylic acids is 2. The van der Waals surface area contributed by atoms with E-state index in [1.807, 2.05) is 6.92 Å². The molecule has 1 aromatic rings. The molecular weight excluding hydrogens is 494 g/mol. The lowest BCUT2D eigenvalue weighted by molar-refractivity contribution is -0.138. The van der Waals surface area contributed by atoms with Gasteiger partial charge in [-0.25, -0.2) is 4.79 Å². The summed E-state index contributed by atoms with van der Waals surface area (Å²) in [5, 5.41) is 13.6. The summed E-state index contributed by atoms with van der Waals surface area (Å²) in [4.78, 5) is 26.6. The molecule has 1 aliphatic heterocycles. The van der Waals surface area contributed by atoms with Gasteiger partial charge in [-0.2, -0.15) is 11.8 Å². The van der Waals surface area contributed by atoms with Crippen LogP contribution in [0, 0.1) is 5.41 Å². The van der Waals surface area contributed by atoms with Crippen LogP contribution in [0.15, 0.2) is 39.1 Å². The number of Topliss-reactive ketones (excluding diaryl/α,β-unsaturated/α-hetero) is 1. The van der Waals surface area contributed by atoms with Crippen molar-refractivity contribution in [2.75, 3.05) is 25.2 Å². The van der Waals surface area contributed by atoms with Gasteiger partial charge in [0, 0.05) is 35.1 Å². The summed E-state index contributed by atoms with van der Waals surface area (Å²) >= 11 is 5.07. The molecule has 6 nitrogen and oxygen atoms in total. The van der Waals surface area contributed by atoms with E-state index >= 15 is 0 Å². The lowest BCUT2D eigenvalue weighted by atomic mass is 9.68. The quantitative estimate of drug-likeness (QED) is 0.381. The normalized spacial score (nSPS) is 20.1. The Balaban J connectivity index is 2.12. The number of dihydropyridines is 1. The predicted octanol–water partition coefficient (Wildman–Crippen LogP) is 5.06. The van der Waals surface area contributed by atoms with E-state index in [0.717, 1.165) is 11.4 Å². The number of phenolic OH excluding ortho intramolecular Hbond substituents is 1. The number of allylic oxidation sites excluding steroid dienone is 3. The molecule has 0 aromatic heterocycles. The van der Waals surface area contributed by atoms with Gasteiger partial charge in [0.15, 0.2) is 17.3 Å². The van der Waals surface area contributed by atoms with Crippen LogP contribution in [0.1, 0.15) is 52.0 Å². The SMILES string of the molecule is CCSCCOC(=O)C1=C(C)NC2=C(C(=O)CC(C)(C)C2)C1c1cc(Br)c(O)c(OC)c1. The van der Waals surface area contributed by atoms with Crippen molar-refractivity contribution < 1.29 is 24.2 Å². The number of aromatic hydroxyl groups is 1. The number of carbonyl (C=O) groups is 2. The van der Waals surface area contributed by atoms with Crippen LogP contribution in [0.3, 0.4) is 0 Å². The van der Waals surface area contributed by atoms with E-state index < -0.39 is 11.9 Å². The van der Waals surface area contributed by atoms with Gasteiger partial charge in [-0.3, -0.25) is 4.79 Å². The Bertz CT molecular complexity index is 998. The number of hydrogen-bond donors (Lipinski definition) is 2. The van der Waals surface area contributed by atoms with Gasteiger partial charge in [0.05, 0.1) is 17.2 Å². The summed E-state index contributed by atoms with van der Waals surface area (Å²) in [5.41, 5.74) is 3.03. The number of ketones is 1. The molecule has 0 bridgehead atoms. The van der Waals surface area contributed by atoms with Crippen LogP contribution in [0.25, 0.3) is 0 Å². The molecule has 174 valence electrons. The first-order valence-corrected chi connectivity index (χ1v) is 12.6. The minimum Gasteiger partial charge on any atom is -0.503 e. The summed E-state index contributed by atoms with van der Waals surface area (Å²) in [6, 6.07) is 3.42. The highest BCUT2D eigenvalue weighted by Gasteiger charge is 2.43. The highest BCUT2D eigenvalue weighted by Crippen LogP contribution is 2.48. The molecule has 0 spiro atoms. The molecule has 2 N–H and O–H groups in total. The molecule has 8 heteroatoms. The summed E-state index contributed by atoms with van der Waals surface area (Å²) in [6.07, 6.45) is 1.10. The first-order chi connectivity index (χ1) is 15.1. The zero-order valence-corrected chi connectivity index (χ0v) is 21.5. The molecule has 0 saturated carbocycles. The number of methoxy groups -OCH3 is 1. The zero-order chi connectivity index (χ0) is 23.6. The monoisotopic (exact) mass is 523 g/mol. The van der Waals surface area contributed by atoms with E-state index in [1.165, 1.54) is 7.11 Å². The second-order valence-corrected chi connectivity index (χ2v) is 11.1. The highest BCUT2D eigenvalue weighted by molar-refractivity contribution is 9.10. The van der Waals surface area contributed by atoms with Gasteiger partial charge in [0.2, 0.25) is 0 Å². The molecule has 32 heavy (non-hydrogen) atoms. The van der Waals surface area contributed by atoms with Gasteiger partial charge in [0.25, 0.3) is 0 Å². The number of thioether (sulfide) groups is 1. The topological polar surface area (TPSA) is 84.9 Å². The van der Waals surface area contributed by atoms with Gasteiger partial charge in [-0.15, -0.1) is 0 Å². The third-order valence-electron chi connectivity index (χ3n) is 5.73. The number of hydrogen-bond acceptors (Lipinski definition) is 7. The third kappa shape index (κ3) is 5.01. The molecule has 2 aliphatic rings. The van der Waals surface area contributed by atoms with E-state index in [0.29, 0.717) is 52.1 Å². The lowest BCUT2D eigenvalue weighted by Gasteiger charge is -2.39. The Kier molecular flexibility index (Phi) is 7.65. The maximum Gasteiger partial charge on any atom is 0.336 e. The van der Waals surface area contributed by atoms with Crippen LogP contribution < -0.4 is 10.1 Å². The minimum absolute atomic E-state index is 0.0104. The fraction of sp³-hybridized carbons (Fsp3) is 0.500. The van der Waals surface area contributed by atoms with Crippen molar-refractivity contribution >= 4 is 39.4 Å². The number of rotatable bonds is 7. The van der Waals surface area contributed by atoms with E-state index in [4.69, 9.17) is 9.47 Å². The van der Waals surface area contributed by atoms with E-state index in [-0.39, 0.29) is 22.7 Å². The van der Waals surface area contributed by atoms with Gasteiger partial charge in [-0.05, 0) is 58.1 Å². The molecule has 0 fully saturated rings. The zero-order valence-electron chi connectivity index (χ0n) is 19.1. The molecule has 1 unspecified atom stereocenters. The summed E-state index contributed by atoms with van der Waals surface area (Å²) < 4.78 is 11.4. The molecule has 1 aromatic carbocycles. The van der Waals surface area contributed by atoms with Crippen molar-refractivity contribution in [1.82, 2.24) is 5.32 Å². The molecule has 0 saturated heterocycles. The van der Waals surface area contributed by atoms with E-state index in [1.54, 1.807) is 23.9 Å². The number of nitrogens with one attached hydrogen (secondary N) is 1. The second-order valence-electron chi connectivity index (χ2n) is 8.82. The number of ether oxygens (including phenoxy) is 2. The Morgan fingerprint density at radius 3 is 2.72 bits per heavy atom. The number of benzene rings is 1. The second kappa shape index (κ2) is 9.91. The number of halogens is 1. The standard InChI is InChI=1S/C24H30BrNO5S/c1-6-32-8-7-31-23(29)19-13(2)26-16-11-24(3,4)12-17(27)21(16)20(19)14-9-15(25)22(28)18(10-14)30-5/h9-10,20,26,28H,6-8,11-12H2,1-5H3. The third-order valence-corrected chi connectivity index (χ3v) is 7.20. The molecular formula is C24H30BrNO5S. The molecule has 1 aliphatic carbocycles. The average molecular weight is 524 g/mol. The van der Waals surface area contributed by atoms with Gasteiger partial charge < -0.3 is 19.9 Å². The molecule has 0 radical (unpaired) electrons. The molecule has 3 rings (SSSR count). The maximum absolute atomic E-state index is 13.3. The lowest BCUT2D eigenvalue weighted by Crippen LogP contribution is -2.38. The van der Waals surface area contributed by atoms with Crippen LogP contribution in [0.4, 0.5) is 0 Å². The highest BCUT2D eigenvalue weighted by atomic mass is 79.9. The Morgan fingerprint density at radius 2 is 2.06 bits per heavy atom. The van der Waals surface area contributed by atoms with Crippen molar-refractivity contribution in [2.45, 2.75) is 46.5 Å². The Morgan fingerprint density at radius 1 is 1.34 bits per heavy atom. The first-order valence-electron chi connectivity index (χ1n) is 10.6. The molecule has 1 heterocycles. The van der Waals surface area contributed by atoms with E-state index in [2.05, 4.69) is 42.0 Å². The smallest absolute Gasteiger partial charge is 0.336 e. The summed E-state index contributed by atoms with van der Waals surface area (Å²) in [5.74, 6) is 0.866. The van der Waals surface area contributed by atoms with Crippen molar-refractivity contribution in [1.29, 1.82) is 0 Å². The van der Waals surface area contributed by atoms with Crippen LogP contribution in [0.5, 0.6) is 11.5 Å². The fourth-order valence-electron chi connectivity index (χ4n) is 4.37. The maximum atomic E-state index is 13.3. The largest absolute Gasteiger partial charge is 0.503 e. The average Bonchev–Trinajstić information content (AvgIpc) is 2.71. The van der Waals surface area contributed by atoms with Gasteiger partial charge >= 0.3 is 5.97 Å². The van der Waals surface area contributed by atoms with Crippen molar-refractivity contribution in [3.63, 3.8) is 0 Å². The van der Waals surface area contributed by atoms with Gasteiger partial charge in [0.1, 0.15) is 6.61 Å². The van der Waals surface area contributed by atoms with Crippen molar-refractivity contribution in [2.24, 2.45) is 5.41 Å². The number of esters is 1. The molecule has 0 amide bonds. The van der Waals surface area contributed by atoms with Crippen molar-refractivity contribution in [3.8, 4) is 11.5 Å². The van der Waals surface area contributed by atoms with Crippen molar-refractivity contribution in [3.05, 3.63) is 44.7 Å². The Labute approximate surface area is 201 Å². The fourth-order valence-corrected chi connectivity index (χ4v) is 5.32. The van der Waals surface area contributed by atoms with Crippen LogP contribution in [0.2, 0.25) is 0 Å². The first kappa shape index (κ1) is 24.7.